The molecule has 10 heavy (non-hydrogen) atoms. The van der Waals surface area contributed by atoms with Gasteiger partial charge in [-0.1, -0.05) is 19.9 Å². The highest BCUT2D eigenvalue weighted by Crippen LogP contribution is 1.99. The predicted octanol–water partition coefficient (Wildman–Crippen LogP) is 0.412. The molecule has 0 bridgehead atoms. The summed E-state index contributed by atoms with van der Waals surface area (Å²) in [5.41, 5.74) is 0. The van der Waals surface area contributed by atoms with E-state index in [1.54, 1.807) is 0 Å². The fourth-order valence-corrected chi connectivity index (χ4v) is 0.641. The van der Waals surface area contributed by atoms with Gasteiger partial charge in [-0.05, 0) is 12.3 Å². The minimum absolute atomic E-state index is 0.215. The summed E-state index contributed by atoms with van der Waals surface area (Å²) in [5, 5.41) is 0. The largest absolute Gasteiger partial charge is 0.526 e. The summed E-state index contributed by atoms with van der Waals surface area (Å²) >= 11 is 0. The molecule has 58 valence electrons. The number of hydrogen-bond acceptors (Lipinski definition) is 2. The fraction of sp³-hybridized carbons (Fsp3) is 0.571. The van der Waals surface area contributed by atoms with Gasteiger partial charge in [0.2, 0.25) is 10.5 Å². The van der Waals surface area contributed by atoms with E-state index in [1.807, 2.05) is 6.08 Å². The van der Waals surface area contributed by atoms with Crippen LogP contribution in [-0.2, 0) is 9.22 Å². The Bertz CT molecular complexity index is 130. The van der Waals surface area contributed by atoms with Crippen molar-refractivity contribution in [3.63, 3.8) is 0 Å². The Morgan fingerprint density at radius 3 is 2.70 bits per heavy atom. The molecule has 0 aliphatic heterocycles. The van der Waals surface area contributed by atoms with Crippen LogP contribution in [0, 0.1) is 5.92 Å². The molecule has 0 rings (SSSR count). The van der Waals surface area contributed by atoms with Gasteiger partial charge in [0.05, 0.1) is 0 Å². The molecule has 0 atom stereocenters. The van der Waals surface area contributed by atoms with Crippen LogP contribution in [0.5, 0.6) is 0 Å². The standard InChI is InChI=1S/C7H14O2Si/c1-6(2)4-3-5-7(8)9-10/h3,5-6H,4H2,1-2,10H3. The minimum atomic E-state index is -0.215. The Kier molecular flexibility index (Phi) is 4.93. The van der Waals surface area contributed by atoms with E-state index in [9.17, 15) is 4.79 Å². The first-order valence-corrected chi connectivity index (χ1v) is 4.23. The molecule has 0 spiro atoms. The van der Waals surface area contributed by atoms with Gasteiger partial charge in [0.15, 0.2) is 0 Å². The van der Waals surface area contributed by atoms with E-state index in [4.69, 9.17) is 0 Å². The Labute approximate surface area is 64.8 Å². The lowest BCUT2D eigenvalue weighted by Crippen LogP contribution is -1.95. The van der Waals surface area contributed by atoms with Crippen LogP contribution in [0.1, 0.15) is 20.3 Å². The molecule has 0 aliphatic carbocycles. The second-order valence-electron chi connectivity index (χ2n) is 2.56. The van der Waals surface area contributed by atoms with Crippen molar-refractivity contribution in [1.29, 1.82) is 0 Å². The van der Waals surface area contributed by atoms with Gasteiger partial charge in [-0.2, -0.15) is 0 Å². The topological polar surface area (TPSA) is 26.3 Å². The van der Waals surface area contributed by atoms with Crippen LogP contribution in [0.3, 0.4) is 0 Å². The van der Waals surface area contributed by atoms with Crippen molar-refractivity contribution in [2.45, 2.75) is 20.3 Å². The first-order chi connectivity index (χ1) is 4.66. The molecule has 0 N–H and O–H groups in total. The van der Waals surface area contributed by atoms with E-state index in [2.05, 4.69) is 18.3 Å². The van der Waals surface area contributed by atoms with Crippen LogP contribution in [0.25, 0.3) is 0 Å². The Morgan fingerprint density at radius 2 is 2.30 bits per heavy atom. The monoisotopic (exact) mass is 158 g/mol. The van der Waals surface area contributed by atoms with Crippen LogP contribution < -0.4 is 0 Å². The highest BCUT2D eigenvalue weighted by molar-refractivity contribution is 6.07. The van der Waals surface area contributed by atoms with Crippen LogP contribution in [-0.4, -0.2) is 16.5 Å². The highest BCUT2D eigenvalue weighted by Gasteiger charge is 1.90. The second kappa shape index (κ2) is 5.23. The Hall–Kier alpha value is -0.573. The van der Waals surface area contributed by atoms with Gasteiger partial charge in [-0.3, -0.25) is 0 Å². The van der Waals surface area contributed by atoms with Crippen molar-refractivity contribution in [2.75, 3.05) is 0 Å². The number of hydrogen-bond donors (Lipinski definition) is 0. The summed E-state index contributed by atoms with van der Waals surface area (Å²) in [4.78, 5) is 10.5. The molecule has 0 fully saturated rings. The van der Waals surface area contributed by atoms with Gasteiger partial charge in [-0.25, -0.2) is 4.79 Å². The normalized spacial score (nSPS) is 11.1. The highest BCUT2D eigenvalue weighted by atomic mass is 28.2. The average Bonchev–Trinajstić information content (AvgIpc) is 1.87. The fourth-order valence-electron chi connectivity index (χ4n) is 0.504. The van der Waals surface area contributed by atoms with Gasteiger partial charge in [-0.15, -0.1) is 0 Å². The molecule has 0 amide bonds. The zero-order valence-electron chi connectivity index (χ0n) is 6.76. The van der Waals surface area contributed by atoms with Crippen LogP contribution >= 0.6 is 0 Å². The molecule has 0 unspecified atom stereocenters. The molecule has 0 radical (unpaired) electrons. The SMILES string of the molecule is CC(C)CC=CC(=O)O[SiH3]. The summed E-state index contributed by atoms with van der Waals surface area (Å²) < 4.78 is 4.55. The summed E-state index contributed by atoms with van der Waals surface area (Å²) in [6, 6.07) is 0. The van der Waals surface area contributed by atoms with Gasteiger partial charge < -0.3 is 4.43 Å². The summed E-state index contributed by atoms with van der Waals surface area (Å²) in [7, 11) is 0.485. The minimum Gasteiger partial charge on any atom is -0.526 e. The van der Waals surface area contributed by atoms with Crippen molar-refractivity contribution in [3.8, 4) is 0 Å². The lowest BCUT2D eigenvalue weighted by molar-refractivity contribution is -0.128. The van der Waals surface area contributed by atoms with Gasteiger partial charge in [0.25, 0.3) is 0 Å². The molecule has 0 aromatic carbocycles. The number of rotatable bonds is 3. The average molecular weight is 158 g/mol. The molecule has 0 aliphatic rings. The molecule has 0 aromatic rings. The summed E-state index contributed by atoms with van der Waals surface area (Å²) in [6.07, 6.45) is 4.29. The third-order valence-electron chi connectivity index (χ3n) is 1.06. The van der Waals surface area contributed by atoms with E-state index in [0.717, 1.165) is 6.42 Å². The zero-order chi connectivity index (χ0) is 7.98. The summed E-state index contributed by atoms with van der Waals surface area (Å²) in [6.45, 7) is 4.22. The molecule has 0 saturated carbocycles. The first-order valence-electron chi connectivity index (χ1n) is 3.41. The van der Waals surface area contributed by atoms with Crippen molar-refractivity contribution in [3.05, 3.63) is 12.2 Å². The Morgan fingerprint density at radius 1 is 1.70 bits per heavy atom. The lowest BCUT2D eigenvalue weighted by atomic mass is 10.1. The molecule has 0 saturated heterocycles. The maximum absolute atomic E-state index is 10.5. The molecular weight excluding hydrogens is 144 g/mol. The van der Waals surface area contributed by atoms with E-state index in [-0.39, 0.29) is 5.97 Å². The van der Waals surface area contributed by atoms with Crippen LogP contribution in [0.2, 0.25) is 0 Å². The molecule has 0 aromatic heterocycles. The van der Waals surface area contributed by atoms with E-state index in [1.165, 1.54) is 6.08 Å². The second-order valence-corrected chi connectivity index (χ2v) is 2.96. The Balaban J connectivity index is 3.46. The maximum Gasteiger partial charge on any atom is 0.316 e. The number of carbonyl (C=O) groups excluding carboxylic acids is 1. The molecule has 0 heterocycles. The van der Waals surface area contributed by atoms with Crippen molar-refractivity contribution in [2.24, 2.45) is 5.92 Å². The third kappa shape index (κ3) is 5.56. The van der Waals surface area contributed by atoms with E-state index < -0.39 is 0 Å². The van der Waals surface area contributed by atoms with E-state index in [0.29, 0.717) is 16.4 Å². The first kappa shape index (κ1) is 9.43. The third-order valence-corrected chi connectivity index (χ3v) is 1.46. The van der Waals surface area contributed by atoms with Crippen molar-refractivity contribution < 1.29 is 9.22 Å². The maximum atomic E-state index is 10.5. The van der Waals surface area contributed by atoms with E-state index >= 15 is 0 Å². The zero-order valence-corrected chi connectivity index (χ0v) is 8.76. The van der Waals surface area contributed by atoms with Gasteiger partial charge >= 0.3 is 5.97 Å². The van der Waals surface area contributed by atoms with Gasteiger partial charge in [0.1, 0.15) is 0 Å². The molecular formula is C7H14O2Si. The number of allylic oxidation sites excluding steroid dienone is 1. The van der Waals surface area contributed by atoms with Crippen molar-refractivity contribution >= 4 is 16.5 Å². The lowest BCUT2D eigenvalue weighted by Gasteiger charge is -1.95. The van der Waals surface area contributed by atoms with Crippen molar-refractivity contribution in [1.82, 2.24) is 0 Å². The quantitative estimate of drug-likeness (QED) is 0.439. The van der Waals surface area contributed by atoms with Crippen LogP contribution in [0.4, 0.5) is 0 Å². The predicted molar refractivity (Wildman–Crippen MR) is 44.6 cm³/mol. The molecule has 3 heteroatoms. The van der Waals surface area contributed by atoms with Crippen LogP contribution in [0.15, 0.2) is 12.2 Å². The smallest absolute Gasteiger partial charge is 0.316 e. The van der Waals surface area contributed by atoms with Gasteiger partial charge in [0, 0.05) is 6.08 Å². The number of carbonyl (C=O) groups is 1. The summed E-state index contributed by atoms with van der Waals surface area (Å²) in [5.74, 6) is 0.394. The molecule has 2 nitrogen and oxygen atoms in total.